The summed E-state index contributed by atoms with van der Waals surface area (Å²) in [4.78, 5) is 29.8. The molecule has 0 unspecified atom stereocenters. The van der Waals surface area contributed by atoms with Gasteiger partial charge in [-0.2, -0.15) is 13.2 Å². The molecule has 0 bridgehead atoms. The molecule has 2 heterocycles. The van der Waals surface area contributed by atoms with Crippen molar-refractivity contribution in [2.45, 2.75) is 6.18 Å². The highest BCUT2D eigenvalue weighted by molar-refractivity contribution is 6.06. The van der Waals surface area contributed by atoms with E-state index in [2.05, 4.69) is 4.98 Å². The Morgan fingerprint density at radius 2 is 1.71 bits per heavy atom. The van der Waals surface area contributed by atoms with Crippen LogP contribution >= 0.6 is 0 Å². The molecule has 2 aromatic rings. The van der Waals surface area contributed by atoms with Gasteiger partial charge in [-0.15, -0.1) is 0 Å². The van der Waals surface area contributed by atoms with E-state index in [9.17, 15) is 22.8 Å². The number of H-pyrrole nitrogens is 1. The average molecular weight is 339 g/mol. The van der Waals surface area contributed by atoms with E-state index in [1.807, 2.05) is 0 Å². The van der Waals surface area contributed by atoms with Crippen LogP contribution in [0, 0.1) is 0 Å². The molecule has 1 aliphatic rings. The quantitative estimate of drug-likeness (QED) is 0.908. The number of piperazine rings is 1. The zero-order valence-electron chi connectivity index (χ0n) is 12.8. The number of nitrogens with one attached hydrogen (secondary N) is 1. The molecule has 0 radical (unpaired) electrons. The number of aromatic nitrogens is 1. The Bertz CT molecular complexity index is 808. The van der Waals surface area contributed by atoms with E-state index < -0.39 is 12.7 Å². The van der Waals surface area contributed by atoms with Crippen molar-refractivity contribution in [1.29, 1.82) is 0 Å². The van der Waals surface area contributed by atoms with Gasteiger partial charge >= 0.3 is 6.18 Å². The van der Waals surface area contributed by atoms with Crippen LogP contribution in [0.15, 0.2) is 35.3 Å². The van der Waals surface area contributed by atoms with E-state index in [4.69, 9.17) is 0 Å². The van der Waals surface area contributed by atoms with Gasteiger partial charge in [0.15, 0.2) is 0 Å². The highest BCUT2D eigenvalue weighted by Gasteiger charge is 2.33. The number of hydrogen-bond donors (Lipinski definition) is 1. The van der Waals surface area contributed by atoms with Gasteiger partial charge in [0.05, 0.1) is 12.1 Å². The minimum atomic E-state index is -4.23. The molecule has 1 amide bonds. The number of benzene rings is 1. The number of rotatable bonds is 2. The number of pyridine rings is 1. The summed E-state index contributed by atoms with van der Waals surface area (Å²) in [5.74, 6) is -0.283. The summed E-state index contributed by atoms with van der Waals surface area (Å²) in [5.41, 5.74) is 0.0756. The van der Waals surface area contributed by atoms with E-state index in [0.29, 0.717) is 16.3 Å². The maximum Gasteiger partial charge on any atom is 0.401 e. The molecule has 3 rings (SSSR count). The van der Waals surface area contributed by atoms with Gasteiger partial charge < -0.3 is 9.88 Å². The number of hydrogen-bond acceptors (Lipinski definition) is 3. The SMILES string of the molecule is O=C(c1c[nH]c(=O)c2ccccc12)N1CCN(CC(F)(F)F)CC1. The van der Waals surface area contributed by atoms with Gasteiger partial charge in [0.25, 0.3) is 11.5 Å². The van der Waals surface area contributed by atoms with E-state index in [0.717, 1.165) is 0 Å². The number of alkyl halides is 3. The summed E-state index contributed by atoms with van der Waals surface area (Å²) >= 11 is 0. The van der Waals surface area contributed by atoms with Crippen molar-refractivity contribution in [2.75, 3.05) is 32.7 Å². The fraction of sp³-hybridized carbons (Fsp3) is 0.375. The zero-order chi connectivity index (χ0) is 17.3. The summed E-state index contributed by atoms with van der Waals surface area (Å²) in [6.07, 6.45) is -2.86. The van der Waals surface area contributed by atoms with Gasteiger partial charge in [0, 0.05) is 43.1 Å². The number of amides is 1. The number of nitrogens with zero attached hydrogens (tertiary/aromatic N) is 2. The highest BCUT2D eigenvalue weighted by Crippen LogP contribution is 2.20. The van der Waals surface area contributed by atoms with Gasteiger partial charge in [0.2, 0.25) is 0 Å². The molecule has 0 atom stereocenters. The normalized spacial score (nSPS) is 16.5. The average Bonchev–Trinajstić information content (AvgIpc) is 2.54. The van der Waals surface area contributed by atoms with Crippen molar-refractivity contribution in [1.82, 2.24) is 14.8 Å². The molecule has 0 spiro atoms. The Balaban J connectivity index is 1.77. The molecule has 1 aromatic carbocycles. The minimum absolute atomic E-state index is 0.173. The van der Waals surface area contributed by atoms with Gasteiger partial charge in [-0.1, -0.05) is 18.2 Å². The van der Waals surface area contributed by atoms with Crippen LogP contribution in [0.3, 0.4) is 0 Å². The number of carbonyl (C=O) groups excluding carboxylic acids is 1. The first-order chi connectivity index (χ1) is 11.3. The van der Waals surface area contributed by atoms with Crippen LogP contribution in [0.5, 0.6) is 0 Å². The number of aromatic amines is 1. The maximum absolute atomic E-state index is 12.7. The van der Waals surface area contributed by atoms with Crippen LogP contribution in [-0.2, 0) is 0 Å². The molecule has 24 heavy (non-hydrogen) atoms. The summed E-state index contributed by atoms with van der Waals surface area (Å²) < 4.78 is 37.3. The predicted octanol–water partition coefficient (Wildman–Crippen LogP) is 1.85. The van der Waals surface area contributed by atoms with Crippen molar-refractivity contribution >= 4 is 16.7 Å². The summed E-state index contributed by atoms with van der Waals surface area (Å²) in [5, 5.41) is 0.961. The molecule has 8 heteroatoms. The lowest BCUT2D eigenvalue weighted by molar-refractivity contribution is -0.148. The number of fused-ring (bicyclic) bond motifs is 1. The lowest BCUT2D eigenvalue weighted by atomic mass is 10.1. The van der Waals surface area contributed by atoms with E-state index in [1.165, 1.54) is 16.0 Å². The second-order valence-electron chi connectivity index (χ2n) is 5.76. The second kappa shape index (κ2) is 6.27. The molecule has 0 saturated carbocycles. The van der Waals surface area contributed by atoms with Crippen LogP contribution in [0.2, 0.25) is 0 Å². The third-order valence-corrected chi connectivity index (χ3v) is 4.10. The third-order valence-electron chi connectivity index (χ3n) is 4.10. The Morgan fingerprint density at radius 1 is 1.08 bits per heavy atom. The lowest BCUT2D eigenvalue weighted by Gasteiger charge is -2.35. The number of carbonyl (C=O) groups is 1. The Hall–Kier alpha value is -2.35. The van der Waals surface area contributed by atoms with Crippen molar-refractivity contribution in [3.63, 3.8) is 0 Å². The minimum Gasteiger partial charge on any atom is -0.336 e. The predicted molar refractivity (Wildman–Crippen MR) is 83.0 cm³/mol. The smallest absolute Gasteiger partial charge is 0.336 e. The van der Waals surface area contributed by atoms with E-state index in [1.54, 1.807) is 24.3 Å². The largest absolute Gasteiger partial charge is 0.401 e. The van der Waals surface area contributed by atoms with Crippen molar-refractivity contribution in [3.8, 4) is 0 Å². The van der Waals surface area contributed by atoms with Crippen molar-refractivity contribution in [3.05, 3.63) is 46.4 Å². The van der Waals surface area contributed by atoms with Gasteiger partial charge in [-0.3, -0.25) is 14.5 Å². The van der Waals surface area contributed by atoms with Gasteiger partial charge in [0.1, 0.15) is 0 Å². The zero-order valence-corrected chi connectivity index (χ0v) is 12.8. The van der Waals surface area contributed by atoms with E-state index in [-0.39, 0.29) is 37.6 Å². The standard InChI is InChI=1S/C16H16F3N3O2/c17-16(18,19)10-21-5-7-22(8-6-21)15(24)13-9-20-14(23)12-4-2-1-3-11(12)13/h1-4,9H,5-8,10H2,(H,20,23). The second-order valence-corrected chi connectivity index (χ2v) is 5.76. The molecular formula is C16H16F3N3O2. The first-order valence-corrected chi connectivity index (χ1v) is 7.54. The van der Waals surface area contributed by atoms with Crippen LogP contribution in [0.25, 0.3) is 10.8 Å². The number of halogens is 3. The monoisotopic (exact) mass is 339 g/mol. The summed E-state index contributed by atoms with van der Waals surface area (Å²) in [6.45, 7) is -0.166. The Morgan fingerprint density at radius 3 is 2.33 bits per heavy atom. The maximum atomic E-state index is 12.7. The highest BCUT2D eigenvalue weighted by atomic mass is 19.4. The molecular weight excluding hydrogens is 323 g/mol. The lowest BCUT2D eigenvalue weighted by Crippen LogP contribution is -2.51. The molecule has 1 aromatic heterocycles. The molecule has 0 aliphatic carbocycles. The molecule has 1 saturated heterocycles. The van der Waals surface area contributed by atoms with Crippen LogP contribution in [-0.4, -0.2) is 59.6 Å². The molecule has 1 fully saturated rings. The first kappa shape index (κ1) is 16.5. The Labute approximate surface area is 135 Å². The van der Waals surface area contributed by atoms with Gasteiger partial charge in [-0.05, 0) is 6.07 Å². The fourth-order valence-corrected chi connectivity index (χ4v) is 2.92. The molecule has 1 N–H and O–H groups in total. The van der Waals surface area contributed by atoms with Crippen molar-refractivity contribution < 1.29 is 18.0 Å². The van der Waals surface area contributed by atoms with Crippen molar-refractivity contribution in [2.24, 2.45) is 0 Å². The molecule has 128 valence electrons. The summed E-state index contributed by atoms with van der Waals surface area (Å²) in [6, 6.07) is 6.77. The first-order valence-electron chi connectivity index (χ1n) is 7.54. The van der Waals surface area contributed by atoms with Gasteiger partial charge in [-0.25, -0.2) is 0 Å². The third kappa shape index (κ3) is 3.43. The summed E-state index contributed by atoms with van der Waals surface area (Å²) in [7, 11) is 0. The molecule has 1 aliphatic heterocycles. The van der Waals surface area contributed by atoms with E-state index >= 15 is 0 Å². The molecule has 5 nitrogen and oxygen atoms in total. The van der Waals surface area contributed by atoms with Crippen LogP contribution in [0.4, 0.5) is 13.2 Å². The topological polar surface area (TPSA) is 56.4 Å². The Kier molecular flexibility index (Phi) is 4.31. The van der Waals surface area contributed by atoms with Crippen LogP contribution < -0.4 is 5.56 Å². The fourth-order valence-electron chi connectivity index (χ4n) is 2.92. The van der Waals surface area contributed by atoms with Crippen LogP contribution in [0.1, 0.15) is 10.4 Å².